The molecule has 0 bridgehead atoms. The van der Waals surface area contributed by atoms with Crippen molar-refractivity contribution < 1.29 is 24.2 Å². The second-order valence-electron chi connectivity index (χ2n) is 8.50. The van der Waals surface area contributed by atoms with Gasteiger partial charge in [0.15, 0.2) is 0 Å². The highest BCUT2D eigenvalue weighted by Crippen LogP contribution is 2.39. The van der Waals surface area contributed by atoms with Crippen LogP contribution >= 0.6 is 11.6 Å². The number of urea groups is 1. The van der Waals surface area contributed by atoms with Gasteiger partial charge in [0, 0.05) is 37.7 Å². The van der Waals surface area contributed by atoms with Gasteiger partial charge in [-0.3, -0.25) is 4.90 Å². The molecule has 1 atom stereocenters. The summed E-state index contributed by atoms with van der Waals surface area (Å²) >= 11 is 6.36. The molecule has 4 aliphatic heterocycles. The summed E-state index contributed by atoms with van der Waals surface area (Å²) in [6, 6.07) is 3.39. The van der Waals surface area contributed by atoms with Crippen molar-refractivity contribution in [2.45, 2.75) is 19.0 Å². The maximum atomic E-state index is 13.0. The molecule has 1 aromatic rings. The lowest BCUT2D eigenvalue weighted by Gasteiger charge is -2.55. The van der Waals surface area contributed by atoms with E-state index in [1.165, 1.54) is 4.90 Å². The lowest BCUT2D eigenvalue weighted by Crippen LogP contribution is -2.68. The van der Waals surface area contributed by atoms with Crippen molar-refractivity contribution in [2.24, 2.45) is 5.41 Å². The number of amides is 3. The molecule has 0 radical (unpaired) electrons. The summed E-state index contributed by atoms with van der Waals surface area (Å²) in [5.41, 5.74) is 3.11. The van der Waals surface area contributed by atoms with E-state index in [1.807, 2.05) is 21.9 Å². The number of rotatable bonds is 1. The van der Waals surface area contributed by atoms with E-state index in [9.17, 15) is 14.7 Å². The second-order valence-corrected chi connectivity index (χ2v) is 8.94. The molecule has 3 fully saturated rings. The van der Waals surface area contributed by atoms with Gasteiger partial charge in [0.05, 0.1) is 37.9 Å². The Labute approximate surface area is 173 Å². The average molecular weight is 422 g/mol. The zero-order valence-electron chi connectivity index (χ0n) is 16.1. The van der Waals surface area contributed by atoms with Gasteiger partial charge < -0.3 is 24.4 Å². The fraction of sp³-hybridized carbons (Fsp3) is 0.600. The molecule has 1 spiro atoms. The minimum atomic E-state index is -0.968. The molecule has 3 amide bonds. The largest absolute Gasteiger partial charge is 0.465 e. The molecule has 9 heteroatoms. The minimum Gasteiger partial charge on any atom is -0.465 e. The fourth-order valence-electron chi connectivity index (χ4n) is 4.88. The monoisotopic (exact) mass is 421 g/mol. The molecule has 4 heterocycles. The number of carbonyl (C=O) groups is 2. The Balaban J connectivity index is 1.39. The molecule has 0 saturated carbocycles. The van der Waals surface area contributed by atoms with Gasteiger partial charge in [-0.15, -0.1) is 0 Å². The average Bonchev–Trinajstić information content (AvgIpc) is 2.64. The molecule has 5 rings (SSSR count). The molecular formula is C20H24ClN3O5. The summed E-state index contributed by atoms with van der Waals surface area (Å²) in [7, 11) is 0. The lowest BCUT2D eigenvalue weighted by atomic mass is 9.78. The molecule has 0 unspecified atom stereocenters. The van der Waals surface area contributed by atoms with Crippen LogP contribution in [-0.2, 0) is 22.4 Å². The van der Waals surface area contributed by atoms with E-state index < -0.39 is 12.1 Å². The van der Waals surface area contributed by atoms with Crippen LogP contribution < -0.4 is 0 Å². The number of hydrogen-bond donors (Lipinski definition) is 1. The number of likely N-dealkylation sites (tertiary alicyclic amines) is 1. The molecule has 0 aliphatic carbocycles. The van der Waals surface area contributed by atoms with Gasteiger partial charge in [-0.2, -0.15) is 0 Å². The number of fused-ring (bicyclic) bond motifs is 1. The van der Waals surface area contributed by atoms with Crippen molar-refractivity contribution in [3.8, 4) is 0 Å². The fourth-order valence-corrected chi connectivity index (χ4v) is 5.13. The van der Waals surface area contributed by atoms with E-state index in [4.69, 9.17) is 21.1 Å². The number of morpholine rings is 1. The third-order valence-electron chi connectivity index (χ3n) is 6.48. The van der Waals surface area contributed by atoms with Gasteiger partial charge in [-0.1, -0.05) is 11.6 Å². The number of carbonyl (C=O) groups excluding carboxylic acids is 1. The Kier molecular flexibility index (Phi) is 4.60. The van der Waals surface area contributed by atoms with Crippen LogP contribution in [0.4, 0.5) is 9.59 Å². The summed E-state index contributed by atoms with van der Waals surface area (Å²) in [4.78, 5) is 29.9. The summed E-state index contributed by atoms with van der Waals surface area (Å²) in [6.45, 7) is 5.10. The summed E-state index contributed by atoms with van der Waals surface area (Å²) in [5.74, 6) is 0. The van der Waals surface area contributed by atoms with E-state index in [2.05, 4.69) is 0 Å². The van der Waals surface area contributed by atoms with Crippen LogP contribution in [0, 0.1) is 5.41 Å². The first-order chi connectivity index (χ1) is 14.0. The van der Waals surface area contributed by atoms with Crippen LogP contribution in [0.5, 0.6) is 0 Å². The van der Waals surface area contributed by atoms with Crippen LogP contribution in [0.2, 0.25) is 5.02 Å². The molecule has 1 N–H and O–H groups in total. The van der Waals surface area contributed by atoms with Crippen LogP contribution in [0.1, 0.15) is 22.7 Å². The number of carboxylic acid groups (broad SMARTS) is 1. The van der Waals surface area contributed by atoms with Gasteiger partial charge in [-0.05, 0) is 35.2 Å². The van der Waals surface area contributed by atoms with Gasteiger partial charge in [0.2, 0.25) is 0 Å². The summed E-state index contributed by atoms with van der Waals surface area (Å²) < 4.78 is 10.9. The van der Waals surface area contributed by atoms with Crippen molar-refractivity contribution in [3.05, 3.63) is 33.8 Å². The number of nitrogens with zero attached hydrogens (tertiary/aromatic N) is 3. The van der Waals surface area contributed by atoms with Gasteiger partial charge in [-0.25, -0.2) is 9.59 Å². The van der Waals surface area contributed by atoms with Crippen molar-refractivity contribution >= 4 is 23.7 Å². The van der Waals surface area contributed by atoms with Crippen molar-refractivity contribution in [2.75, 3.05) is 52.6 Å². The summed E-state index contributed by atoms with van der Waals surface area (Å²) in [6.07, 6.45) is -0.262. The predicted molar refractivity (Wildman–Crippen MR) is 104 cm³/mol. The van der Waals surface area contributed by atoms with E-state index in [0.717, 1.165) is 43.0 Å². The predicted octanol–water partition coefficient (Wildman–Crippen LogP) is 2.20. The standard InChI is InChI=1S/C20H24ClN3O5/c21-14-5-13-1-2-22(18(25)23-9-20(10-23)11-29-12-20)7-16(13)15(6-14)17-8-28-4-3-24(17)19(26)27/h5-6,17H,1-4,7-12H2,(H,26,27)/t17-/m0/s1. The molecule has 8 nitrogen and oxygen atoms in total. The first-order valence-electron chi connectivity index (χ1n) is 9.96. The highest BCUT2D eigenvalue weighted by atomic mass is 35.5. The smallest absolute Gasteiger partial charge is 0.407 e. The molecule has 29 heavy (non-hydrogen) atoms. The van der Waals surface area contributed by atoms with Crippen LogP contribution in [0.25, 0.3) is 0 Å². The summed E-state index contributed by atoms with van der Waals surface area (Å²) in [5, 5.41) is 10.2. The van der Waals surface area contributed by atoms with Crippen LogP contribution in [0.3, 0.4) is 0 Å². The Morgan fingerprint density at radius 1 is 1.14 bits per heavy atom. The Bertz CT molecular complexity index is 851. The third-order valence-corrected chi connectivity index (χ3v) is 6.70. The molecule has 3 saturated heterocycles. The molecule has 156 valence electrons. The van der Waals surface area contributed by atoms with Crippen molar-refractivity contribution in [1.29, 1.82) is 0 Å². The molecular weight excluding hydrogens is 398 g/mol. The van der Waals surface area contributed by atoms with Crippen LogP contribution in [-0.4, -0.2) is 84.5 Å². The normalized spacial score (nSPS) is 25.3. The minimum absolute atomic E-state index is 0.0454. The maximum Gasteiger partial charge on any atom is 0.407 e. The van der Waals surface area contributed by atoms with Crippen molar-refractivity contribution in [1.82, 2.24) is 14.7 Å². The number of hydrogen-bond acceptors (Lipinski definition) is 4. The number of benzene rings is 1. The topological polar surface area (TPSA) is 82.5 Å². The van der Waals surface area contributed by atoms with Gasteiger partial charge in [0.25, 0.3) is 0 Å². The van der Waals surface area contributed by atoms with Crippen LogP contribution in [0.15, 0.2) is 12.1 Å². The molecule has 4 aliphatic rings. The Hall–Kier alpha value is -2.03. The second kappa shape index (κ2) is 7.04. The Morgan fingerprint density at radius 3 is 2.62 bits per heavy atom. The zero-order valence-corrected chi connectivity index (χ0v) is 16.9. The quantitative estimate of drug-likeness (QED) is 0.751. The van der Waals surface area contributed by atoms with E-state index in [-0.39, 0.29) is 11.4 Å². The third kappa shape index (κ3) is 3.23. The molecule has 1 aromatic carbocycles. The van der Waals surface area contributed by atoms with E-state index in [1.54, 1.807) is 0 Å². The van der Waals surface area contributed by atoms with E-state index >= 15 is 0 Å². The zero-order chi connectivity index (χ0) is 20.2. The van der Waals surface area contributed by atoms with Crippen molar-refractivity contribution in [3.63, 3.8) is 0 Å². The first kappa shape index (κ1) is 19.0. The highest BCUT2D eigenvalue weighted by molar-refractivity contribution is 6.30. The van der Waals surface area contributed by atoms with Gasteiger partial charge >= 0.3 is 12.1 Å². The maximum absolute atomic E-state index is 13.0. The van der Waals surface area contributed by atoms with Gasteiger partial charge in [0.1, 0.15) is 0 Å². The lowest BCUT2D eigenvalue weighted by molar-refractivity contribution is -0.177. The SMILES string of the molecule is O=C(N1CCc2cc(Cl)cc([C@@H]3COCCN3C(=O)O)c2C1)N1CC2(COC2)C1. The highest BCUT2D eigenvalue weighted by Gasteiger charge is 2.51. The Morgan fingerprint density at radius 2 is 1.93 bits per heavy atom. The molecule has 0 aromatic heterocycles. The first-order valence-corrected chi connectivity index (χ1v) is 10.3. The number of ether oxygens (including phenoxy) is 2. The number of halogens is 1. The van der Waals surface area contributed by atoms with E-state index in [0.29, 0.717) is 44.3 Å².